The molecule has 0 amide bonds. The summed E-state index contributed by atoms with van der Waals surface area (Å²) in [6, 6.07) is 8.13. The van der Waals surface area contributed by atoms with Gasteiger partial charge < -0.3 is 4.74 Å². The second-order valence-electron chi connectivity index (χ2n) is 5.72. The zero-order chi connectivity index (χ0) is 14.2. The fraction of sp³-hybridized carbons (Fsp3) is 0.533. The molecule has 2 fully saturated rings. The fourth-order valence-corrected chi connectivity index (χ4v) is 4.28. The minimum atomic E-state index is -3.03. The van der Waals surface area contributed by atoms with Crippen LogP contribution < -0.4 is 0 Å². The lowest BCUT2D eigenvalue weighted by Gasteiger charge is -2.09. The van der Waals surface area contributed by atoms with Gasteiger partial charge in [-0.05, 0) is 36.3 Å². The molecule has 1 aromatic carbocycles. The lowest BCUT2D eigenvalue weighted by atomic mass is 10.1. The first-order valence-electron chi connectivity index (χ1n) is 6.99. The lowest BCUT2D eigenvalue weighted by Crippen LogP contribution is -2.18. The van der Waals surface area contributed by atoms with Crippen LogP contribution in [0.2, 0.25) is 0 Å². The van der Waals surface area contributed by atoms with Crippen LogP contribution in [-0.2, 0) is 26.0 Å². The van der Waals surface area contributed by atoms with E-state index in [0.29, 0.717) is 6.42 Å². The number of carbonyl (C=O) groups is 1. The van der Waals surface area contributed by atoms with Crippen LogP contribution in [0.5, 0.6) is 0 Å². The van der Waals surface area contributed by atoms with Crippen LogP contribution in [0.3, 0.4) is 0 Å². The predicted octanol–water partition coefficient (Wildman–Crippen LogP) is 2.04. The second kappa shape index (κ2) is 5.20. The Bertz CT molecular complexity index is 599. The van der Waals surface area contributed by atoms with Crippen molar-refractivity contribution in [2.45, 2.75) is 31.8 Å². The SMILES string of the molecule is O=C(OCc1ccc(C2CC2)cc1)C1CCS(=O)(=O)C1. The molecular formula is C15H18O4S. The molecule has 0 bridgehead atoms. The topological polar surface area (TPSA) is 60.4 Å². The van der Waals surface area contributed by atoms with Crippen molar-refractivity contribution in [1.29, 1.82) is 0 Å². The van der Waals surface area contributed by atoms with E-state index < -0.39 is 21.7 Å². The number of rotatable bonds is 4. The second-order valence-corrected chi connectivity index (χ2v) is 7.95. The molecule has 1 aliphatic heterocycles. The summed E-state index contributed by atoms with van der Waals surface area (Å²) in [6.45, 7) is 0.223. The fourth-order valence-electron chi connectivity index (χ4n) is 2.56. The number of sulfone groups is 1. The van der Waals surface area contributed by atoms with E-state index in [4.69, 9.17) is 4.74 Å². The lowest BCUT2D eigenvalue weighted by molar-refractivity contribution is -0.148. The molecule has 2 aliphatic rings. The van der Waals surface area contributed by atoms with E-state index in [0.717, 1.165) is 11.5 Å². The molecule has 0 spiro atoms. The minimum Gasteiger partial charge on any atom is -0.461 e. The van der Waals surface area contributed by atoms with Crippen LogP contribution in [0.1, 0.15) is 36.3 Å². The molecule has 1 aromatic rings. The van der Waals surface area contributed by atoms with Crippen molar-refractivity contribution in [2.75, 3.05) is 11.5 Å². The Labute approximate surface area is 119 Å². The average Bonchev–Trinajstić information content (AvgIpc) is 3.20. The summed E-state index contributed by atoms with van der Waals surface area (Å²) >= 11 is 0. The number of esters is 1. The van der Waals surface area contributed by atoms with Gasteiger partial charge in [0.25, 0.3) is 0 Å². The van der Waals surface area contributed by atoms with Gasteiger partial charge in [0.2, 0.25) is 0 Å². The van der Waals surface area contributed by atoms with Gasteiger partial charge in [0.05, 0.1) is 17.4 Å². The highest BCUT2D eigenvalue weighted by Crippen LogP contribution is 2.39. The van der Waals surface area contributed by atoms with Crippen LogP contribution in [0.4, 0.5) is 0 Å². The third kappa shape index (κ3) is 3.20. The monoisotopic (exact) mass is 294 g/mol. The Balaban J connectivity index is 1.52. The largest absolute Gasteiger partial charge is 0.461 e. The minimum absolute atomic E-state index is 0.0630. The highest BCUT2D eigenvalue weighted by Gasteiger charge is 2.34. The zero-order valence-electron chi connectivity index (χ0n) is 11.2. The maximum absolute atomic E-state index is 11.8. The van der Waals surface area contributed by atoms with Crippen molar-refractivity contribution in [3.8, 4) is 0 Å². The van der Waals surface area contributed by atoms with E-state index in [-0.39, 0.29) is 18.1 Å². The van der Waals surface area contributed by atoms with E-state index in [9.17, 15) is 13.2 Å². The van der Waals surface area contributed by atoms with Crippen LogP contribution >= 0.6 is 0 Å². The molecule has 1 saturated carbocycles. The van der Waals surface area contributed by atoms with Gasteiger partial charge in [0.15, 0.2) is 9.84 Å². The van der Waals surface area contributed by atoms with E-state index in [1.807, 2.05) is 12.1 Å². The number of benzene rings is 1. The van der Waals surface area contributed by atoms with E-state index in [1.54, 1.807) is 0 Å². The Kier molecular flexibility index (Phi) is 3.54. The van der Waals surface area contributed by atoms with E-state index in [2.05, 4.69) is 12.1 Å². The molecule has 1 aliphatic carbocycles. The average molecular weight is 294 g/mol. The molecule has 1 unspecified atom stereocenters. The maximum Gasteiger partial charge on any atom is 0.310 e. The van der Waals surface area contributed by atoms with Gasteiger partial charge >= 0.3 is 5.97 Å². The quantitative estimate of drug-likeness (QED) is 0.797. The molecule has 1 saturated heterocycles. The highest BCUT2D eigenvalue weighted by atomic mass is 32.2. The number of hydrogen-bond donors (Lipinski definition) is 0. The first kappa shape index (κ1) is 13.6. The van der Waals surface area contributed by atoms with Gasteiger partial charge in [-0.25, -0.2) is 8.42 Å². The van der Waals surface area contributed by atoms with E-state index in [1.165, 1.54) is 18.4 Å². The Morgan fingerprint density at radius 2 is 1.85 bits per heavy atom. The van der Waals surface area contributed by atoms with Crippen LogP contribution in [0.15, 0.2) is 24.3 Å². The maximum atomic E-state index is 11.8. The molecule has 5 heteroatoms. The Morgan fingerprint density at radius 1 is 1.15 bits per heavy atom. The molecule has 0 aromatic heterocycles. The van der Waals surface area contributed by atoms with Gasteiger partial charge in [-0.2, -0.15) is 0 Å². The third-order valence-electron chi connectivity index (χ3n) is 3.98. The van der Waals surface area contributed by atoms with Gasteiger partial charge in [-0.15, -0.1) is 0 Å². The molecule has 4 nitrogen and oxygen atoms in total. The van der Waals surface area contributed by atoms with Crippen molar-refractivity contribution in [3.05, 3.63) is 35.4 Å². The summed E-state index contributed by atoms with van der Waals surface area (Å²) in [5.74, 6) is -0.117. The first-order chi connectivity index (χ1) is 9.53. The van der Waals surface area contributed by atoms with Crippen LogP contribution in [0, 0.1) is 5.92 Å². The van der Waals surface area contributed by atoms with Crippen molar-refractivity contribution in [1.82, 2.24) is 0 Å². The summed E-state index contributed by atoms with van der Waals surface area (Å²) in [7, 11) is -3.03. The molecule has 1 atom stereocenters. The standard InChI is InChI=1S/C15H18O4S/c16-15(14-7-8-20(17,18)10-14)19-9-11-1-3-12(4-2-11)13-5-6-13/h1-4,13-14H,5-10H2. The zero-order valence-corrected chi connectivity index (χ0v) is 12.1. The number of carbonyl (C=O) groups excluding carboxylic acids is 1. The van der Waals surface area contributed by atoms with Crippen LogP contribution in [-0.4, -0.2) is 25.9 Å². The van der Waals surface area contributed by atoms with Gasteiger partial charge in [-0.1, -0.05) is 24.3 Å². The van der Waals surface area contributed by atoms with Crippen molar-refractivity contribution in [3.63, 3.8) is 0 Å². The summed E-state index contributed by atoms with van der Waals surface area (Å²) in [6.07, 6.45) is 2.93. The van der Waals surface area contributed by atoms with Crippen molar-refractivity contribution in [2.24, 2.45) is 5.92 Å². The smallest absolute Gasteiger partial charge is 0.310 e. The van der Waals surface area contributed by atoms with Crippen molar-refractivity contribution < 1.29 is 17.9 Å². The predicted molar refractivity (Wildman–Crippen MR) is 75.0 cm³/mol. The van der Waals surface area contributed by atoms with Crippen molar-refractivity contribution >= 4 is 15.8 Å². The number of hydrogen-bond acceptors (Lipinski definition) is 4. The molecular weight excluding hydrogens is 276 g/mol. The highest BCUT2D eigenvalue weighted by molar-refractivity contribution is 7.91. The van der Waals surface area contributed by atoms with Gasteiger partial charge in [0.1, 0.15) is 6.61 Å². The summed E-state index contributed by atoms with van der Waals surface area (Å²) in [5, 5.41) is 0. The molecule has 3 rings (SSSR count). The molecule has 20 heavy (non-hydrogen) atoms. The molecule has 0 N–H and O–H groups in total. The van der Waals surface area contributed by atoms with Gasteiger partial charge in [-0.3, -0.25) is 4.79 Å². The van der Waals surface area contributed by atoms with Crippen LogP contribution in [0.25, 0.3) is 0 Å². The van der Waals surface area contributed by atoms with E-state index >= 15 is 0 Å². The summed E-state index contributed by atoms with van der Waals surface area (Å²) in [5.41, 5.74) is 2.30. The normalized spacial score (nSPS) is 24.5. The molecule has 0 radical (unpaired) electrons. The van der Waals surface area contributed by atoms with Gasteiger partial charge in [0, 0.05) is 0 Å². The third-order valence-corrected chi connectivity index (χ3v) is 5.74. The first-order valence-corrected chi connectivity index (χ1v) is 8.81. The number of ether oxygens (including phenoxy) is 1. The summed E-state index contributed by atoms with van der Waals surface area (Å²) < 4.78 is 27.9. The molecule has 1 heterocycles. The Hall–Kier alpha value is -1.36. The summed E-state index contributed by atoms with van der Waals surface area (Å²) in [4.78, 5) is 11.8. The Morgan fingerprint density at radius 3 is 2.40 bits per heavy atom. The molecule has 108 valence electrons.